The summed E-state index contributed by atoms with van der Waals surface area (Å²) in [5, 5.41) is 5.02. The Morgan fingerprint density at radius 2 is 2.18 bits per heavy atom. The fourth-order valence-electron chi connectivity index (χ4n) is 2.39. The number of hydrogen-bond donors (Lipinski definition) is 1. The van der Waals surface area contributed by atoms with Crippen molar-refractivity contribution < 1.29 is 0 Å². The van der Waals surface area contributed by atoms with Crippen LogP contribution in [0, 0.1) is 0 Å². The van der Waals surface area contributed by atoms with Crippen molar-refractivity contribution in [1.29, 1.82) is 0 Å². The first-order valence-corrected chi connectivity index (χ1v) is 6.05. The first-order valence-electron chi connectivity index (χ1n) is 5.67. The zero-order chi connectivity index (χ0) is 11.8. The van der Waals surface area contributed by atoms with E-state index in [-0.39, 0.29) is 0 Å². The first kappa shape index (κ1) is 10.6. The molecule has 1 atom stereocenters. The van der Waals surface area contributed by atoms with Crippen LogP contribution in [0.2, 0.25) is 5.02 Å². The summed E-state index contributed by atoms with van der Waals surface area (Å²) in [6.45, 7) is 0.809. The molecule has 4 nitrogen and oxygen atoms in total. The third-order valence-corrected chi connectivity index (χ3v) is 3.56. The monoisotopic (exact) mass is 248 g/mol. The molecule has 1 aromatic heterocycles. The second-order valence-corrected chi connectivity index (χ2v) is 4.73. The van der Waals surface area contributed by atoms with Gasteiger partial charge in [-0.15, -0.1) is 5.10 Å². The number of halogens is 1. The van der Waals surface area contributed by atoms with Gasteiger partial charge in [0.1, 0.15) is 5.82 Å². The van der Waals surface area contributed by atoms with Crippen molar-refractivity contribution in [2.24, 2.45) is 0 Å². The maximum absolute atomic E-state index is 6.22. The molecule has 0 fully saturated rings. The second-order valence-electron chi connectivity index (χ2n) is 4.33. The maximum Gasteiger partial charge on any atom is 0.239 e. The van der Waals surface area contributed by atoms with Crippen LogP contribution in [0.3, 0.4) is 0 Å². The number of anilines is 1. The van der Waals surface area contributed by atoms with Crippen LogP contribution in [-0.2, 0) is 13.0 Å². The minimum atomic E-state index is 0.361. The van der Waals surface area contributed by atoms with Crippen LogP contribution in [0.1, 0.15) is 23.7 Å². The minimum absolute atomic E-state index is 0.361. The Labute approximate surface area is 104 Å². The molecular formula is C12H13ClN4. The highest BCUT2D eigenvalue weighted by Crippen LogP contribution is 2.32. The predicted molar refractivity (Wildman–Crippen MR) is 66.9 cm³/mol. The average molecular weight is 249 g/mol. The number of fused-ring (bicyclic) bond motifs is 1. The Bertz CT molecular complexity index is 549. The molecule has 2 N–H and O–H groups in total. The van der Waals surface area contributed by atoms with E-state index in [4.69, 9.17) is 17.3 Å². The maximum atomic E-state index is 6.22. The van der Waals surface area contributed by atoms with E-state index >= 15 is 0 Å². The molecule has 1 unspecified atom stereocenters. The van der Waals surface area contributed by atoms with Gasteiger partial charge in [-0.05, 0) is 18.1 Å². The zero-order valence-corrected chi connectivity index (χ0v) is 10.1. The van der Waals surface area contributed by atoms with Crippen LogP contribution in [0.25, 0.3) is 0 Å². The van der Waals surface area contributed by atoms with Gasteiger partial charge < -0.3 is 5.73 Å². The van der Waals surface area contributed by atoms with Gasteiger partial charge in [0.25, 0.3) is 0 Å². The second kappa shape index (κ2) is 4.04. The number of aromatic nitrogens is 3. The number of nitrogens with zero attached hydrogens (tertiary/aromatic N) is 3. The van der Waals surface area contributed by atoms with Gasteiger partial charge in [-0.25, -0.2) is 4.68 Å². The molecule has 1 aliphatic rings. The van der Waals surface area contributed by atoms with Gasteiger partial charge in [-0.3, -0.25) is 0 Å². The van der Waals surface area contributed by atoms with Crippen molar-refractivity contribution in [3.8, 4) is 0 Å². The molecule has 0 bridgehead atoms. The summed E-state index contributed by atoms with van der Waals surface area (Å²) in [4.78, 5) is 4.20. The number of nitrogens with two attached hydrogens (primary N) is 1. The largest absolute Gasteiger partial charge is 0.366 e. The third kappa shape index (κ3) is 1.89. The third-order valence-electron chi connectivity index (χ3n) is 3.22. The fourth-order valence-corrected chi connectivity index (χ4v) is 2.68. The van der Waals surface area contributed by atoms with Gasteiger partial charge in [0.2, 0.25) is 5.95 Å². The molecule has 17 heavy (non-hydrogen) atoms. The van der Waals surface area contributed by atoms with Gasteiger partial charge in [0, 0.05) is 17.4 Å². The molecule has 88 valence electrons. The highest BCUT2D eigenvalue weighted by atomic mass is 35.5. The van der Waals surface area contributed by atoms with Crippen molar-refractivity contribution in [3.63, 3.8) is 0 Å². The van der Waals surface area contributed by atoms with E-state index in [0.717, 1.165) is 30.2 Å². The molecule has 0 saturated carbocycles. The van der Waals surface area contributed by atoms with E-state index in [9.17, 15) is 0 Å². The Morgan fingerprint density at radius 1 is 1.35 bits per heavy atom. The number of nitrogen functional groups attached to an aromatic ring is 1. The van der Waals surface area contributed by atoms with Crippen LogP contribution >= 0.6 is 11.6 Å². The molecule has 0 amide bonds. The standard InChI is InChI=1S/C12H13ClN4/c13-10-4-2-1-3-9(10)8-5-6-11-15-12(14)16-17(11)7-8/h1-4,8H,5-7H2,(H2,14,16). The molecule has 3 rings (SSSR count). The molecule has 2 heterocycles. The molecule has 1 aliphatic heterocycles. The van der Waals surface area contributed by atoms with Gasteiger partial charge >= 0.3 is 0 Å². The molecule has 2 aromatic rings. The van der Waals surface area contributed by atoms with Crippen molar-refractivity contribution in [3.05, 3.63) is 40.7 Å². The molecule has 0 radical (unpaired) electrons. The summed E-state index contributed by atoms with van der Waals surface area (Å²) in [7, 11) is 0. The van der Waals surface area contributed by atoms with Crippen LogP contribution in [0.4, 0.5) is 5.95 Å². The lowest BCUT2D eigenvalue weighted by molar-refractivity contribution is 0.424. The summed E-state index contributed by atoms with van der Waals surface area (Å²) in [6, 6.07) is 7.99. The Kier molecular flexibility index (Phi) is 2.52. The molecular weight excluding hydrogens is 236 g/mol. The minimum Gasteiger partial charge on any atom is -0.366 e. The summed E-state index contributed by atoms with van der Waals surface area (Å²) < 4.78 is 1.90. The van der Waals surface area contributed by atoms with Crippen molar-refractivity contribution >= 4 is 17.5 Å². The Balaban J connectivity index is 1.91. The normalized spacial score (nSPS) is 19.0. The topological polar surface area (TPSA) is 56.7 Å². The van der Waals surface area contributed by atoms with E-state index < -0.39 is 0 Å². The molecule has 0 aliphatic carbocycles. The van der Waals surface area contributed by atoms with E-state index in [0.29, 0.717) is 11.9 Å². The van der Waals surface area contributed by atoms with E-state index in [1.807, 2.05) is 22.9 Å². The highest BCUT2D eigenvalue weighted by molar-refractivity contribution is 6.31. The molecule has 1 aromatic carbocycles. The predicted octanol–water partition coefficient (Wildman–Crippen LogP) is 2.24. The smallest absolute Gasteiger partial charge is 0.239 e. The fraction of sp³-hybridized carbons (Fsp3) is 0.333. The highest BCUT2D eigenvalue weighted by Gasteiger charge is 2.23. The van der Waals surface area contributed by atoms with Crippen LogP contribution in [-0.4, -0.2) is 14.8 Å². The van der Waals surface area contributed by atoms with Crippen molar-refractivity contribution in [2.75, 3.05) is 5.73 Å². The summed E-state index contributed by atoms with van der Waals surface area (Å²) in [6.07, 6.45) is 1.95. The first-order chi connectivity index (χ1) is 8.24. The molecule has 0 spiro atoms. The summed E-state index contributed by atoms with van der Waals surface area (Å²) in [5.74, 6) is 1.74. The van der Waals surface area contributed by atoms with Gasteiger partial charge in [-0.1, -0.05) is 29.8 Å². The van der Waals surface area contributed by atoms with Gasteiger partial charge in [0.15, 0.2) is 0 Å². The number of aryl methyl sites for hydroxylation is 1. The Hall–Kier alpha value is -1.55. The lowest BCUT2D eigenvalue weighted by atomic mass is 9.92. The van der Waals surface area contributed by atoms with Gasteiger partial charge in [-0.2, -0.15) is 4.98 Å². The van der Waals surface area contributed by atoms with Gasteiger partial charge in [0.05, 0.1) is 6.54 Å². The van der Waals surface area contributed by atoms with E-state index in [2.05, 4.69) is 16.1 Å². The quantitative estimate of drug-likeness (QED) is 0.842. The SMILES string of the molecule is Nc1nc2n(n1)CC(c1ccccc1Cl)CC2. The summed E-state index contributed by atoms with van der Waals surface area (Å²) >= 11 is 6.22. The van der Waals surface area contributed by atoms with E-state index in [1.54, 1.807) is 0 Å². The van der Waals surface area contributed by atoms with E-state index in [1.165, 1.54) is 5.56 Å². The van der Waals surface area contributed by atoms with Crippen LogP contribution in [0.15, 0.2) is 24.3 Å². The summed E-state index contributed by atoms with van der Waals surface area (Å²) in [5.41, 5.74) is 6.79. The van der Waals surface area contributed by atoms with Crippen molar-refractivity contribution in [2.45, 2.75) is 25.3 Å². The number of benzene rings is 1. The van der Waals surface area contributed by atoms with Crippen LogP contribution < -0.4 is 5.73 Å². The molecule has 0 saturated heterocycles. The Morgan fingerprint density at radius 3 is 3.00 bits per heavy atom. The molecule has 5 heteroatoms. The number of rotatable bonds is 1. The van der Waals surface area contributed by atoms with Crippen molar-refractivity contribution in [1.82, 2.24) is 14.8 Å². The lowest BCUT2D eigenvalue weighted by Gasteiger charge is -2.23. The zero-order valence-electron chi connectivity index (χ0n) is 9.31. The number of hydrogen-bond acceptors (Lipinski definition) is 3. The lowest BCUT2D eigenvalue weighted by Crippen LogP contribution is -2.20. The average Bonchev–Trinajstić information content (AvgIpc) is 2.68. The van der Waals surface area contributed by atoms with Crippen LogP contribution in [0.5, 0.6) is 0 Å².